The van der Waals surface area contributed by atoms with Gasteiger partial charge in [0.2, 0.25) is 0 Å². The zero-order chi connectivity index (χ0) is 12.1. The summed E-state index contributed by atoms with van der Waals surface area (Å²) in [7, 11) is 2.21. The third-order valence-electron chi connectivity index (χ3n) is 4.29. The molecule has 0 saturated heterocycles. The van der Waals surface area contributed by atoms with E-state index >= 15 is 0 Å². The molecule has 0 spiro atoms. The van der Waals surface area contributed by atoms with E-state index in [2.05, 4.69) is 29.1 Å². The van der Waals surface area contributed by atoms with E-state index in [4.69, 9.17) is 4.74 Å². The third kappa shape index (κ3) is 1.47. The molecule has 0 atom stereocenters. The molecule has 18 heavy (non-hydrogen) atoms. The number of H-pyrrole nitrogens is 1. The number of nitrogens with one attached hydrogen (secondary N) is 1. The van der Waals surface area contributed by atoms with Crippen LogP contribution in [0.25, 0.3) is 10.9 Å². The molecule has 0 aliphatic carbocycles. The van der Waals surface area contributed by atoms with E-state index in [9.17, 15) is 0 Å². The van der Waals surface area contributed by atoms with Gasteiger partial charge < -0.3 is 14.6 Å². The largest absolute Gasteiger partial charge is 0.493 e. The zero-order valence-electron chi connectivity index (χ0n) is 10.8. The Hall–Kier alpha value is -1.48. The Morgan fingerprint density at radius 3 is 3.00 bits per heavy atom. The molecule has 2 aliphatic heterocycles. The number of nitrogens with zero attached hydrogens (tertiary/aromatic N) is 1. The second kappa shape index (κ2) is 3.75. The monoisotopic (exact) mass is 242 g/mol. The highest BCUT2D eigenvalue weighted by Crippen LogP contribution is 2.34. The van der Waals surface area contributed by atoms with E-state index in [1.165, 1.54) is 27.7 Å². The summed E-state index contributed by atoms with van der Waals surface area (Å²) in [6, 6.07) is 4.54. The molecule has 1 N–H and O–H groups in total. The fraction of sp³-hybridized carbons (Fsp3) is 0.467. The van der Waals surface area contributed by atoms with Crippen LogP contribution in [-0.4, -0.2) is 36.6 Å². The Bertz CT molecular complexity index is 614. The van der Waals surface area contributed by atoms with Gasteiger partial charge in [-0.05, 0) is 30.7 Å². The Kier molecular flexibility index (Phi) is 2.18. The van der Waals surface area contributed by atoms with Crippen molar-refractivity contribution in [2.45, 2.75) is 19.3 Å². The first-order valence-corrected chi connectivity index (χ1v) is 6.79. The fourth-order valence-electron chi connectivity index (χ4n) is 3.20. The first kappa shape index (κ1) is 10.4. The summed E-state index contributed by atoms with van der Waals surface area (Å²) in [6.07, 6.45) is 3.35. The zero-order valence-corrected chi connectivity index (χ0v) is 10.8. The summed E-state index contributed by atoms with van der Waals surface area (Å²) >= 11 is 0. The van der Waals surface area contributed by atoms with Gasteiger partial charge in [-0.3, -0.25) is 0 Å². The van der Waals surface area contributed by atoms with E-state index in [1.807, 2.05) is 0 Å². The van der Waals surface area contributed by atoms with Crippen LogP contribution in [0.15, 0.2) is 12.1 Å². The Morgan fingerprint density at radius 1 is 1.17 bits per heavy atom. The minimum Gasteiger partial charge on any atom is -0.493 e. The summed E-state index contributed by atoms with van der Waals surface area (Å²) in [5.41, 5.74) is 5.59. The number of hydrogen-bond donors (Lipinski definition) is 1. The summed E-state index contributed by atoms with van der Waals surface area (Å²) in [5, 5.41) is 1.42. The SMILES string of the molecule is CN1CCc2[nH]c3cc4c(cc3c2CC1)CCO4. The average Bonchev–Trinajstić information content (AvgIpc) is 2.89. The van der Waals surface area contributed by atoms with Gasteiger partial charge in [-0.1, -0.05) is 0 Å². The Morgan fingerprint density at radius 2 is 2.06 bits per heavy atom. The lowest BCUT2D eigenvalue weighted by Gasteiger charge is -2.11. The first-order valence-electron chi connectivity index (χ1n) is 6.79. The highest BCUT2D eigenvalue weighted by molar-refractivity contribution is 5.87. The topological polar surface area (TPSA) is 28.3 Å². The molecule has 0 amide bonds. The molecule has 0 unspecified atom stereocenters. The molecule has 0 radical (unpaired) electrons. The van der Waals surface area contributed by atoms with E-state index in [0.29, 0.717) is 0 Å². The standard InChI is InChI=1S/C15H18N2O/c1-17-5-2-11-12-8-10-4-7-18-15(10)9-14(12)16-13(11)3-6-17/h8-9,16H,2-7H2,1H3. The van der Waals surface area contributed by atoms with Crippen LogP contribution >= 0.6 is 0 Å². The molecule has 3 heterocycles. The van der Waals surface area contributed by atoms with Crippen LogP contribution in [0.2, 0.25) is 0 Å². The highest BCUT2D eigenvalue weighted by atomic mass is 16.5. The van der Waals surface area contributed by atoms with Crippen molar-refractivity contribution in [3.63, 3.8) is 0 Å². The van der Waals surface area contributed by atoms with Crippen molar-refractivity contribution < 1.29 is 4.74 Å². The Balaban J connectivity index is 1.89. The van der Waals surface area contributed by atoms with Gasteiger partial charge in [0.25, 0.3) is 0 Å². The third-order valence-corrected chi connectivity index (χ3v) is 4.29. The number of ether oxygens (including phenoxy) is 1. The number of hydrogen-bond acceptors (Lipinski definition) is 2. The van der Waals surface area contributed by atoms with E-state index in [0.717, 1.165) is 44.7 Å². The molecule has 2 aliphatic rings. The van der Waals surface area contributed by atoms with Gasteiger partial charge in [-0.25, -0.2) is 0 Å². The molecule has 0 bridgehead atoms. The van der Waals surface area contributed by atoms with Gasteiger partial charge in [-0.15, -0.1) is 0 Å². The van der Waals surface area contributed by atoms with Crippen molar-refractivity contribution in [3.8, 4) is 5.75 Å². The molecule has 4 rings (SSSR count). The maximum absolute atomic E-state index is 5.65. The average molecular weight is 242 g/mol. The summed E-state index contributed by atoms with van der Waals surface area (Å²) in [4.78, 5) is 6.01. The molecular weight excluding hydrogens is 224 g/mol. The maximum atomic E-state index is 5.65. The molecule has 0 saturated carbocycles. The molecule has 0 fully saturated rings. The first-order chi connectivity index (χ1) is 8.81. The fourth-order valence-corrected chi connectivity index (χ4v) is 3.20. The van der Waals surface area contributed by atoms with Crippen molar-refractivity contribution >= 4 is 10.9 Å². The predicted molar refractivity (Wildman–Crippen MR) is 72.4 cm³/mol. The minimum atomic E-state index is 0.840. The molecule has 3 nitrogen and oxygen atoms in total. The number of benzene rings is 1. The second-order valence-corrected chi connectivity index (χ2v) is 5.49. The highest BCUT2D eigenvalue weighted by Gasteiger charge is 2.20. The summed E-state index contributed by atoms with van der Waals surface area (Å²) < 4.78 is 5.65. The van der Waals surface area contributed by atoms with Crippen molar-refractivity contribution in [3.05, 3.63) is 29.0 Å². The Labute approximate surface area is 107 Å². The lowest BCUT2D eigenvalue weighted by atomic mass is 10.0. The van der Waals surface area contributed by atoms with Crippen LogP contribution in [0.4, 0.5) is 0 Å². The summed E-state index contributed by atoms with van der Waals surface area (Å²) in [6.45, 7) is 3.15. The van der Waals surface area contributed by atoms with Crippen LogP contribution in [0.1, 0.15) is 16.8 Å². The van der Waals surface area contributed by atoms with Crippen molar-refractivity contribution in [1.82, 2.24) is 9.88 Å². The van der Waals surface area contributed by atoms with Gasteiger partial charge in [0, 0.05) is 48.6 Å². The van der Waals surface area contributed by atoms with E-state index in [-0.39, 0.29) is 0 Å². The van der Waals surface area contributed by atoms with Crippen LogP contribution in [0.3, 0.4) is 0 Å². The van der Waals surface area contributed by atoms with E-state index < -0.39 is 0 Å². The van der Waals surface area contributed by atoms with Crippen LogP contribution < -0.4 is 4.74 Å². The van der Waals surface area contributed by atoms with Gasteiger partial charge in [-0.2, -0.15) is 0 Å². The minimum absolute atomic E-state index is 0.840. The molecule has 2 aromatic rings. The number of likely N-dealkylation sites (N-methyl/N-ethyl adjacent to an activating group) is 1. The molecule has 3 heteroatoms. The van der Waals surface area contributed by atoms with Crippen LogP contribution in [-0.2, 0) is 19.3 Å². The van der Waals surface area contributed by atoms with Crippen molar-refractivity contribution in [1.29, 1.82) is 0 Å². The normalized spacial score (nSPS) is 19.4. The predicted octanol–water partition coefficient (Wildman–Crippen LogP) is 2.13. The molecule has 94 valence electrons. The van der Waals surface area contributed by atoms with Crippen LogP contribution in [0.5, 0.6) is 5.75 Å². The van der Waals surface area contributed by atoms with Gasteiger partial charge in [0.1, 0.15) is 5.75 Å². The lowest BCUT2D eigenvalue weighted by Crippen LogP contribution is -2.21. The van der Waals surface area contributed by atoms with Crippen molar-refractivity contribution in [2.75, 3.05) is 26.7 Å². The van der Waals surface area contributed by atoms with Gasteiger partial charge in [0.15, 0.2) is 0 Å². The van der Waals surface area contributed by atoms with Gasteiger partial charge in [0.05, 0.1) is 6.61 Å². The lowest BCUT2D eigenvalue weighted by molar-refractivity contribution is 0.352. The summed E-state index contributed by atoms with van der Waals surface area (Å²) in [5.74, 6) is 1.08. The number of rotatable bonds is 0. The number of fused-ring (bicyclic) bond motifs is 4. The van der Waals surface area contributed by atoms with Gasteiger partial charge >= 0.3 is 0 Å². The molecular formula is C15H18N2O. The number of aromatic nitrogens is 1. The maximum Gasteiger partial charge on any atom is 0.124 e. The smallest absolute Gasteiger partial charge is 0.124 e. The number of aromatic amines is 1. The second-order valence-electron chi connectivity index (χ2n) is 5.49. The molecule has 1 aromatic carbocycles. The van der Waals surface area contributed by atoms with Crippen molar-refractivity contribution in [2.24, 2.45) is 0 Å². The quantitative estimate of drug-likeness (QED) is 0.766. The van der Waals surface area contributed by atoms with E-state index in [1.54, 1.807) is 0 Å². The van der Waals surface area contributed by atoms with Crippen LogP contribution in [0, 0.1) is 0 Å². The molecule has 1 aromatic heterocycles.